The Kier molecular flexibility index (Phi) is 7.96. The molecule has 0 aliphatic heterocycles. The van der Waals surface area contributed by atoms with E-state index in [-0.39, 0.29) is 24.8 Å². The standard InChI is InChI=1S/C16H27N4O4P/c17-14(6-12-8-18-10-20-12)16(22)19-9-13(21)7-15(25(23)24)11-4-2-1-3-5-11/h8,10-11,13-15,21H,1-7,9,17H2,(H2-,18,19,20,22,23,24)/p+1/t13-,14+,15?/m1/s1. The van der Waals surface area contributed by atoms with E-state index in [1.165, 1.54) is 6.33 Å². The molecule has 1 saturated carbocycles. The quantitative estimate of drug-likeness (QED) is 0.407. The van der Waals surface area contributed by atoms with Crippen molar-refractivity contribution in [3.05, 3.63) is 18.2 Å². The summed E-state index contributed by atoms with van der Waals surface area (Å²) >= 11 is 0. The molecule has 4 atom stereocenters. The second-order valence-electron chi connectivity index (χ2n) is 6.79. The summed E-state index contributed by atoms with van der Waals surface area (Å²) in [7, 11) is -2.34. The summed E-state index contributed by atoms with van der Waals surface area (Å²) in [5.41, 5.74) is 6.18. The van der Waals surface area contributed by atoms with Crippen molar-refractivity contribution < 1.29 is 19.4 Å². The second-order valence-corrected chi connectivity index (χ2v) is 8.06. The average molecular weight is 371 g/mol. The number of hydrogen-bond donors (Lipinski definition) is 5. The lowest BCUT2D eigenvalue weighted by molar-refractivity contribution is -0.122. The van der Waals surface area contributed by atoms with E-state index in [9.17, 15) is 19.4 Å². The molecule has 1 aromatic heterocycles. The number of nitrogens with zero attached hydrogens (tertiary/aromatic N) is 1. The van der Waals surface area contributed by atoms with Gasteiger partial charge in [-0.25, -0.2) is 4.98 Å². The van der Waals surface area contributed by atoms with Crippen molar-refractivity contribution in [2.75, 3.05) is 6.54 Å². The molecule has 2 rings (SSSR count). The summed E-state index contributed by atoms with van der Waals surface area (Å²) in [4.78, 5) is 28.4. The molecule has 1 aliphatic rings. The number of aromatic amines is 1. The van der Waals surface area contributed by atoms with Crippen LogP contribution in [0.1, 0.15) is 44.2 Å². The molecular weight excluding hydrogens is 343 g/mol. The van der Waals surface area contributed by atoms with E-state index in [0.29, 0.717) is 6.42 Å². The molecule has 1 fully saturated rings. The minimum atomic E-state index is -2.34. The molecule has 25 heavy (non-hydrogen) atoms. The van der Waals surface area contributed by atoms with Gasteiger partial charge in [0, 0.05) is 37.2 Å². The number of nitrogens with one attached hydrogen (secondary N) is 2. The number of carbonyl (C=O) groups is 1. The third-order valence-electron chi connectivity index (χ3n) is 4.83. The van der Waals surface area contributed by atoms with Crippen LogP contribution in [-0.4, -0.2) is 50.2 Å². The van der Waals surface area contributed by atoms with Crippen LogP contribution in [0.3, 0.4) is 0 Å². The number of aromatic nitrogens is 2. The minimum Gasteiger partial charge on any atom is -0.391 e. The van der Waals surface area contributed by atoms with Gasteiger partial charge in [-0.2, -0.15) is 4.89 Å². The van der Waals surface area contributed by atoms with Crippen molar-refractivity contribution in [2.45, 2.75) is 62.8 Å². The smallest absolute Gasteiger partial charge is 0.391 e. The summed E-state index contributed by atoms with van der Waals surface area (Å²) < 4.78 is 11.7. The molecule has 8 nitrogen and oxygen atoms in total. The zero-order valence-corrected chi connectivity index (χ0v) is 15.2. The number of amides is 1. The Bertz CT molecular complexity index is 548. The maximum Gasteiger partial charge on any atom is 0.509 e. The summed E-state index contributed by atoms with van der Waals surface area (Å²) in [5, 5.41) is 12.8. The van der Waals surface area contributed by atoms with E-state index in [0.717, 1.165) is 37.8 Å². The molecule has 1 aromatic rings. The fraction of sp³-hybridized carbons (Fsp3) is 0.750. The van der Waals surface area contributed by atoms with Crippen LogP contribution in [0.5, 0.6) is 0 Å². The van der Waals surface area contributed by atoms with Gasteiger partial charge in [-0.1, -0.05) is 19.3 Å². The Morgan fingerprint density at radius 2 is 2.16 bits per heavy atom. The van der Waals surface area contributed by atoms with Gasteiger partial charge in [-0.15, -0.1) is 0 Å². The van der Waals surface area contributed by atoms with Crippen LogP contribution in [0.25, 0.3) is 0 Å². The Morgan fingerprint density at radius 3 is 2.76 bits per heavy atom. The van der Waals surface area contributed by atoms with Gasteiger partial charge in [0.15, 0.2) is 5.66 Å². The zero-order valence-electron chi connectivity index (χ0n) is 14.3. The Labute approximate surface area is 148 Å². The van der Waals surface area contributed by atoms with Crippen LogP contribution in [-0.2, 0) is 15.8 Å². The third kappa shape index (κ3) is 6.47. The van der Waals surface area contributed by atoms with Crippen LogP contribution in [0.2, 0.25) is 0 Å². The number of nitrogens with two attached hydrogens (primary N) is 1. The Balaban J connectivity index is 1.76. The monoisotopic (exact) mass is 371 g/mol. The molecule has 1 aliphatic carbocycles. The lowest BCUT2D eigenvalue weighted by atomic mass is 9.85. The molecule has 2 unspecified atom stereocenters. The molecule has 0 aromatic carbocycles. The fourth-order valence-corrected chi connectivity index (χ4v) is 4.50. The van der Waals surface area contributed by atoms with Crippen molar-refractivity contribution in [3.8, 4) is 0 Å². The van der Waals surface area contributed by atoms with E-state index in [4.69, 9.17) is 5.73 Å². The molecule has 0 saturated heterocycles. The molecule has 140 valence electrons. The van der Waals surface area contributed by atoms with E-state index in [2.05, 4.69) is 15.3 Å². The highest BCUT2D eigenvalue weighted by Crippen LogP contribution is 2.40. The van der Waals surface area contributed by atoms with Crippen molar-refractivity contribution in [2.24, 2.45) is 11.7 Å². The molecule has 0 spiro atoms. The molecule has 1 amide bonds. The Morgan fingerprint density at radius 1 is 1.44 bits per heavy atom. The van der Waals surface area contributed by atoms with E-state index in [1.807, 2.05) is 0 Å². The van der Waals surface area contributed by atoms with Crippen molar-refractivity contribution in [3.63, 3.8) is 0 Å². The summed E-state index contributed by atoms with van der Waals surface area (Å²) in [6.45, 7) is 0.0297. The van der Waals surface area contributed by atoms with Gasteiger partial charge < -0.3 is 21.1 Å². The maximum atomic E-state index is 12.0. The van der Waals surface area contributed by atoms with Crippen LogP contribution in [0.4, 0.5) is 0 Å². The van der Waals surface area contributed by atoms with Crippen LogP contribution < -0.4 is 11.1 Å². The second kappa shape index (κ2) is 9.97. The van der Waals surface area contributed by atoms with Gasteiger partial charge in [0.1, 0.15) is 0 Å². The van der Waals surface area contributed by atoms with Crippen LogP contribution in [0.15, 0.2) is 12.5 Å². The first kappa shape index (κ1) is 20.0. The molecule has 9 heteroatoms. The van der Waals surface area contributed by atoms with Gasteiger partial charge in [0.05, 0.1) is 18.5 Å². The van der Waals surface area contributed by atoms with Crippen molar-refractivity contribution in [1.29, 1.82) is 0 Å². The predicted molar refractivity (Wildman–Crippen MR) is 94.1 cm³/mol. The van der Waals surface area contributed by atoms with Gasteiger partial charge in [-0.05, 0) is 17.4 Å². The topological polar surface area (TPSA) is 141 Å². The van der Waals surface area contributed by atoms with Crippen LogP contribution in [0, 0.1) is 5.92 Å². The number of aliphatic hydroxyl groups excluding tert-OH is 1. The summed E-state index contributed by atoms with van der Waals surface area (Å²) in [5.74, 6) is -0.188. The first-order chi connectivity index (χ1) is 12.0. The maximum absolute atomic E-state index is 12.0. The number of carbonyl (C=O) groups excluding carboxylic acids is 1. The largest absolute Gasteiger partial charge is 0.509 e. The van der Waals surface area contributed by atoms with Crippen LogP contribution >= 0.6 is 8.03 Å². The highest BCUT2D eigenvalue weighted by molar-refractivity contribution is 7.38. The molecule has 6 N–H and O–H groups in total. The number of imidazole rings is 1. The highest BCUT2D eigenvalue weighted by Gasteiger charge is 2.39. The number of H-pyrrole nitrogens is 1. The number of aliphatic hydroxyl groups is 1. The predicted octanol–water partition coefficient (Wildman–Crippen LogP) is 0.830. The molecule has 0 radical (unpaired) electrons. The number of rotatable bonds is 9. The summed E-state index contributed by atoms with van der Waals surface area (Å²) in [6.07, 6.45) is 7.97. The van der Waals surface area contributed by atoms with Crippen molar-refractivity contribution >= 4 is 13.9 Å². The minimum absolute atomic E-state index is 0.0297. The van der Waals surface area contributed by atoms with Gasteiger partial charge >= 0.3 is 8.03 Å². The van der Waals surface area contributed by atoms with E-state index in [1.54, 1.807) is 6.20 Å². The van der Waals surface area contributed by atoms with Gasteiger partial charge in [0.25, 0.3) is 0 Å². The molecule has 0 bridgehead atoms. The third-order valence-corrected chi connectivity index (χ3v) is 6.03. The van der Waals surface area contributed by atoms with Gasteiger partial charge in [-0.3, -0.25) is 4.79 Å². The molecular formula is C16H28N4O4P+. The SMILES string of the molecule is N[C@@H](Cc1cnc[nH]1)C(=O)NC[C@H](O)CC(C1CCCCC1)[P+](=O)O. The van der Waals surface area contributed by atoms with E-state index < -0.39 is 25.8 Å². The lowest BCUT2D eigenvalue weighted by Gasteiger charge is -2.24. The zero-order chi connectivity index (χ0) is 18.2. The first-order valence-corrected chi connectivity index (χ1v) is 10.1. The first-order valence-electron chi connectivity index (χ1n) is 8.81. The van der Waals surface area contributed by atoms with Gasteiger partial charge in [0.2, 0.25) is 5.91 Å². The van der Waals surface area contributed by atoms with Crippen molar-refractivity contribution in [1.82, 2.24) is 15.3 Å². The fourth-order valence-electron chi connectivity index (χ4n) is 3.42. The summed E-state index contributed by atoms with van der Waals surface area (Å²) in [6, 6.07) is -0.740. The Hall–Kier alpha value is -1.34. The number of hydrogen-bond acceptors (Lipinski definition) is 5. The normalized spacial score (nSPS) is 19.9. The highest BCUT2D eigenvalue weighted by atomic mass is 31.1. The average Bonchev–Trinajstić information content (AvgIpc) is 3.11. The molecule has 1 heterocycles. The lowest BCUT2D eigenvalue weighted by Crippen LogP contribution is -2.45. The van der Waals surface area contributed by atoms with E-state index >= 15 is 0 Å².